The van der Waals surface area contributed by atoms with Gasteiger partial charge in [-0.05, 0) is 35.4 Å². The summed E-state index contributed by atoms with van der Waals surface area (Å²) in [4.78, 5) is 25.9. The molecule has 0 atom stereocenters. The number of nitrogens with one attached hydrogen (secondary N) is 2. The van der Waals surface area contributed by atoms with Gasteiger partial charge in [0.05, 0.1) is 6.54 Å². The Balaban J connectivity index is 1.79. The summed E-state index contributed by atoms with van der Waals surface area (Å²) in [5.74, 6) is -0.249. The third kappa shape index (κ3) is 5.55. The van der Waals surface area contributed by atoms with Crippen LogP contribution in [0.25, 0.3) is 0 Å². The molecule has 0 unspecified atom stereocenters. The van der Waals surface area contributed by atoms with Gasteiger partial charge in [-0.15, -0.1) is 0 Å². The Morgan fingerprint density at radius 2 is 1.92 bits per heavy atom. The first kappa shape index (κ1) is 18.3. The molecule has 1 aliphatic rings. The van der Waals surface area contributed by atoms with Crippen molar-refractivity contribution in [2.75, 3.05) is 25.0 Å². The number of amides is 2. The lowest BCUT2D eigenvalue weighted by Gasteiger charge is -2.27. The fourth-order valence-corrected chi connectivity index (χ4v) is 2.93. The third-order valence-electron chi connectivity index (χ3n) is 4.12. The summed E-state index contributed by atoms with van der Waals surface area (Å²) in [6, 6.07) is 6.35. The Bertz CT molecular complexity index is 605. The molecule has 0 radical (unpaired) electrons. The van der Waals surface area contributed by atoms with E-state index in [0.29, 0.717) is 13.0 Å². The minimum absolute atomic E-state index is 0.0303. The average molecular weight is 331 g/mol. The van der Waals surface area contributed by atoms with E-state index in [2.05, 4.69) is 40.8 Å². The molecule has 132 valence electrons. The van der Waals surface area contributed by atoms with Crippen LogP contribution in [0.1, 0.15) is 44.7 Å². The summed E-state index contributed by atoms with van der Waals surface area (Å²) in [5.41, 5.74) is 3.65. The van der Waals surface area contributed by atoms with Crippen molar-refractivity contribution in [1.29, 1.82) is 0 Å². The van der Waals surface area contributed by atoms with Crippen LogP contribution in [0.15, 0.2) is 18.2 Å². The minimum atomic E-state index is -0.160. The van der Waals surface area contributed by atoms with Crippen LogP contribution in [-0.4, -0.2) is 32.0 Å². The van der Waals surface area contributed by atoms with Gasteiger partial charge in [-0.2, -0.15) is 0 Å². The van der Waals surface area contributed by atoms with E-state index in [0.717, 1.165) is 18.5 Å². The van der Waals surface area contributed by atoms with Gasteiger partial charge in [0.1, 0.15) is 0 Å². The Morgan fingerprint density at radius 3 is 2.62 bits per heavy atom. The number of fused-ring (bicyclic) bond motifs is 1. The van der Waals surface area contributed by atoms with E-state index >= 15 is 0 Å². The van der Waals surface area contributed by atoms with Crippen molar-refractivity contribution in [3.63, 3.8) is 0 Å². The first-order valence-corrected chi connectivity index (χ1v) is 8.61. The standard InChI is InChI=1S/C19H29N3O2/c1-19(2,3)11-17(23)21-13-18(24)20-12-14-7-8-16-15(10-14)6-5-9-22(16)4/h7-8,10H,5-6,9,11-13H2,1-4H3,(H,20,24)(H,21,23). The monoisotopic (exact) mass is 331 g/mol. The van der Waals surface area contributed by atoms with E-state index in [4.69, 9.17) is 0 Å². The largest absolute Gasteiger partial charge is 0.374 e. The van der Waals surface area contributed by atoms with Crippen LogP contribution in [0.3, 0.4) is 0 Å². The molecule has 0 bridgehead atoms. The van der Waals surface area contributed by atoms with Gasteiger partial charge in [-0.25, -0.2) is 0 Å². The van der Waals surface area contributed by atoms with Crippen molar-refractivity contribution in [1.82, 2.24) is 10.6 Å². The van der Waals surface area contributed by atoms with Gasteiger partial charge in [0.25, 0.3) is 0 Å². The van der Waals surface area contributed by atoms with Gasteiger partial charge in [-0.1, -0.05) is 32.9 Å². The van der Waals surface area contributed by atoms with Crippen molar-refractivity contribution in [3.05, 3.63) is 29.3 Å². The highest BCUT2D eigenvalue weighted by Gasteiger charge is 2.16. The van der Waals surface area contributed by atoms with E-state index in [1.807, 2.05) is 20.8 Å². The molecule has 2 rings (SSSR count). The fraction of sp³-hybridized carbons (Fsp3) is 0.579. The molecule has 0 spiro atoms. The summed E-state index contributed by atoms with van der Waals surface area (Å²) in [5, 5.41) is 5.54. The van der Waals surface area contributed by atoms with Gasteiger partial charge in [0.2, 0.25) is 11.8 Å². The van der Waals surface area contributed by atoms with Gasteiger partial charge < -0.3 is 15.5 Å². The Morgan fingerprint density at radius 1 is 1.17 bits per heavy atom. The molecule has 1 aromatic rings. The molecule has 1 aromatic carbocycles. The summed E-state index contributed by atoms with van der Waals surface area (Å²) in [6.45, 7) is 7.62. The second-order valence-electron chi connectivity index (χ2n) is 7.78. The molecule has 5 heteroatoms. The molecule has 24 heavy (non-hydrogen) atoms. The smallest absolute Gasteiger partial charge is 0.239 e. The molecule has 0 fully saturated rings. The molecule has 1 heterocycles. The van der Waals surface area contributed by atoms with Crippen molar-refractivity contribution < 1.29 is 9.59 Å². The first-order valence-electron chi connectivity index (χ1n) is 8.61. The zero-order valence-electron chi connectivity index (χ0n) is 15.2. The number of hydrogen-bond acceptors (Lipinski definition) is 3. The number of rotatable bonds is 5. The lowest BCUT2D eigenvalue weighted by atomic mass is 9.92. The summed E-state index contributed by atoms with van der Waals surface area (Å²) >= 11 is 0. The SMILES string of the molecule is CN1CCCc2cc(CNC(=O)CNC(=O)CC(C)(C)C)ccc21. The average Bonchev–Trinajstić information content (AvgIpc) is 2.49. The van der Waals surface area contributed by atoms with Crippen molar-refractivity contribution in [2.24, 2.45) is 5.41 Å². The number of nitrogens with zero attached hydrogens (tertiary/aromatic N) is 1. The Hall–Kier alpha value is -2.04. The van der Waals surface area contributed by atoms with E-state index in [1.54, 1.807) is 0 Å². The number of aryl methyl sites for hydroxylation is 1. The molecule has 0 aliphatic carbocycles. The predicted molar refractivity (Wildman–Crippen MR) is 97.0 cm³/mol. The predicted octanol–water partition coefficient (Wildman–Crippen LogP) is 2.24. The molecule has 5 nitrogen and oxygen atoms in total. The number of anilines is 1. The maximum absolute atomic E-state index is 11.9. The van der Waals surface area contributed by atoms with E-state index in [-0.39, 0.29) is 23.8 Å². The fourth-order valence-electron chi connectivity index (χ4n) is 2.93. The second kappa shape index (κ2) is 7.69. The van der Waals surface area contributed by atoms with E-state index < -0.39 is 0 Å². The number of hydrogen-bond donors (Lipinski definition) is 2. The topological polar surface area (TPSA) is 61.4 Å². The van der Waals surface area contributed by atoms with Gasteiger partial charge in [-0.3, -0.25) is 9.59 Å². The Labute approximate surface area is 144 Å². The molecule has 2 amide bonds. The molecule has 2 N–H and O–H groups in total. The zero-order chi connectivity index (χ0) is 17.7. The highest BCUT2D eigenvalue weighted by Crippen LogP contribution is 2.26. The second-order valence-corrected chi connectivity index (χ2v) is 7.78. The molecule has 0 aromatic heterocycles. The minimum Gasteiger partial charge on any atom is -0.374 e. The highest BCUT2D eigenvalue weighted by atomic mass is 16.2. The molecular weight excluding hydrogens is 302 g/mol. The van der Waals surface area contributed by atoms with Crippen LogP contribution in [-0.2, 0) is 22.6 Å². The van der Waals surface area contributed by atoms with Gasteiger partial charge in [0.15, 0.2) is 0 Å². The van der Waals surface area contributed by atoms with Crippen molar-refractivity contribution in [3.8, 4) is 0 Å². The maximum Gasteiger partial charge on any atom is 0.239 e. The molecule has 1 aliphatic heterocycles. The number of carbonyl (C=O) groups is 2. The number of benzene rings is 1. The van der Waals surface area contributed by atoms with Gasteiger partial charge >= 0.3 is 0 Å². The molecule has 0 saturated heterocycles. The van der Waals surface area contributed by atoms with Crippen LogP contribution >= 0.6 is 0 Å². The van der Waals surface area contributed by atoms with Gasteiger partial charge in [0, 0.05) is 32.2 Å². The van der Waals surface area contributed by atoms with E-state index in [9.17, 15) is 9.59 Å². The Kier molecular flexibility index (Phi) is 5.86. The van der Waals surface area contributed by atoms with Crippen molar-refractivity contribution >= 4 is 17.5 Å². The number of carbonyl (C=O) groups excluding carboxylic acids is 2. The van der Waals surface area contributed by atoms with Crippen LogP contribution in [0, 0.1) is 5.41 Å². The summed E-state index contributed by atoms with van der Waals surface area (Å²) in [6.07, 6.45) is 2.67. The van der Waals surface area contributed by atoms with Crippen LogP contribution in [0.2, 0.25) is 0 Å². The van der Waals surface area contributed by atoms with Crippen LogP contribution in [0.5, 0.6) is 0 Å². The van der Waals surface area contributed by atoms with Crippen LogP contribution < -0.4 is 15.5 Å². The molecular formula is C19H29N3O2. The normalized spacial score (nSPS) is 14.1. The summed E-state index contributed by atoms with van der Waals surface area (Å²) < 4.78 is 0. The lowest BCUT2D eigenvalue weighted by molar-refractivity contribution is -0.127. The van der Waals surface area contributed by atoms with Crippen molar-refractivity contribution in [2.45, 2.75) is 46.6 Å². The van der Waals surface area contributed by atoms with Crippen LogP contribution in [0.4, 0.5) is 5.69 Å². The first-order chi connectivity index (χ1) is 11.2. The van der Waals surface area contributed by atoms with E-state index in [1.165, 1.54) is 17.7 Å². The quantitative estimate of drug-likeness (QED) is 0.870. The lowest BCUT2D eigenvalue weighted by Crippen LogP contribution is -2.37. The molecule has 0 saturated carbocycles. The zero-order valence-corrected chi connectivity index (χ0v) is 15.2. The highest BCUT2D eigenvalue weighted by molar-refractivity contribution is 5.84. The third-order valence-corrected chi connectivity index (χ3v) is 4.12. The summed E-state index contributed by atoms with van der Waals surface area (Å²) in [7, 11) is 2.11. The maximum atomic E-state index is 11.9.